The van der Waals surface area contributed by atoms with E-state index in [2.05, 4.69) is 4.90 Å². The molecule has 1 aliphatic rings. The summed E-state index contributed by atoms with van der Waals surface area (Å²) in [6.07, 6.45) is 3.41. The van der Waals surface area contributed by atoms with Crippen LogP contribution in [0.2, 0.25) is 0 Å². The van der Waals surface area contributed by atoms with Crippen LogP contribution in [-0.4, -0.2) is 44.1 Å². The molecule has 0 aliphatic carbocycles. The summed E-state index contributed by atoms with van der Waals surface area (Å²) in [5, 5.41) is 0. The van der Waals surface area contributed by atoms with Gasteiger partial charge in [0.2, 0.25) is 5.91 Å². The lowest BCUT2D eigenvalue weighted by Gasteiger charge is -2.35. The average molecular weight is 354 g/mol. The number of nitrogens with zero attached hydrogens (tertiary/aromatic N) is 2. The number of ether oxygens (including phenoxy) is 1. The normalized spacial score (nSPS) is 14.7. The Bertz CT molecular complexity index is 794. The van der Waals surface area contributed by atoms with E-state index in [1.807, 2.05) is 30.0 Å². The number of benzene rings is 2. The van der Waals surface area contributed by atoms with Crippen LogP contribution in [0.3, 0.4) is 0 Å². The molecule has 0 N–H and O–H groups in total. The van der Waals surface area contributed by atoms with Crippen LogP contribution >= 0.6 is 0 Å². The number of hydrogen-bond donors (Lipinski definition) is 0. The molecule has 2 aromatic rings. The predicted molar refractivity (Wildman–Crippen MR) is 102 cm³/mol. The fourth-order valence-corrected chi connectivity index (χ4v) is 3.09. The van der Waals surface area contributed by atoms with Gasteiger partial charge in [-0.15, -0.1) is 0 Å². The van der Waals surface area contributed by atoms with Crippen molar-refractivity contribution in [3.63, 3.8) is 0 Å². The monoisotopic (exact) mass is 354 g/mol. The van der Waals surface area contributed by atoms with E-state index in [0.29, 0.717) is 13.1 Å². The largest absolute Gasteiger partial charge is 0.496 e. The molecule has 1 saturated heterocycles. The summed E-state index contributed by atoms with van der Waals surface area (Å²) in [5.74, 6) is 0.507. The van der Waals surface area contributed by atoms with Gasteiger partial charge in [-0.05, 0) is 49.4 Å². The van der Waals surface area contributed by atoms with Crippen molar-refractivity contribution in [1.29, 1.82) is 0 Å². The lowest BCUT2D eigenvalue weighted by molar-refractivity contribution is -0.126. The van der Waals surface area contributed by atoms with Crippen molar-refractivity contribution in [2.24, 2.45) is 0 Å². The molecule has 0 aromatic heterocycles. The number of carbonyl (C=O) groups excluding carboxylic acids is 1. The molecule has 1 heterocycles. The highest BCUT2D eigenvalue weighted by Crippen LogP contribution is 2.21. The van der Waals surface area contributed by atoms with Crippen molar-refractivity contribution in [2.45, 2.75) is 6.92 Å². The van der Waals surface area contributed by atoms with Gasteiger partial charge >= 0.3 is 0 Å². The fraction of sp³-hybridized carbons (Fsp3) is 0.286. The highest BCUT2D eigenvalue weighted by Gasteiger charge is 2.19. The minimum Gasteiger partial charge on any atom is -0.496 e. The van der Waals surface area contributed by atoms with Gasteiger partial charge in [0.1, 0.15) is 11.6 Å². The van der Waals surface area contributed by atoms with Crippen LogP contribution in [0.15, 0.2) is 48.5 Å². The fourth-order valence-electron chi connectivity index (χ4n) is 3.09. The standard InChI is InChI=1S/C21H23FN2O2/c1-16-3-9-20(26-2)17(15-16)4-10-21(25)24-13-11-23(12-14-24)19-7-5-18(22)6-8-19/h3-10,15H,11-14H2,1-2H3/b10-4+. The lowest BCUT2D eigenvalue weighted by Crippen LogP contribution is -2.48. The topological polar surface area (TPSA) is 32.8 Å². The van der Waals surface area contributed by atoms with Crippen molar-refractivity contribution >= 4 is 17.7 Å². The molecular weight excluding hydrogens is 331 g/mol. The molecule has 136 valence electrons. The number of amides is 1. The van der Waals surface area contributed by atoms with E-state index in [4.69, 9.17) is 4.74 Å². The summed E-state index contributed by atoms with van der Waals surface area (Å²) >= 11 is 0. The van der Waals surface area contributed by atoms with Crippen LogP contribution in [0.4, 0.5) is 10.1 Å². The zero-order valence-electron chi connectivity index (χ0n) is 15.1. The molecule has 26 heavy (non-hydrogen) atoms. The maximum atomic E-state index is 13.0. The first-order valence-corrected chi connectivity index (χ1v) is 8.69. The van der Waals surface area contributed by atoms with Gasteiger partial charge < -0.3 is 14.5 Å². The second-order valence-electron chi connectivity index (χ2n) is 6.37. The highest BCUT2D eigenvalue weighted by atomic mass is 19.1. The number of halogens is 1. The molecule has 0 saturated carbocycles. The first-order chi connectivity index (χ1) is 12.6. The van der Waals surface area contributed by atoms with E-state index < -0.39 is 0 Å². The number of rotatable bonds is 4. The molecule has 0 spiro atoms. The molecule has 1 fully saturated rings. The van der Waals surface area contributed by atoms with E-state index in [1.54, 1.807) is 31.4 Å². The van der Waals surface area contributed by atoms with Gasteiger partial charge in [-0.1, -0.05) is 11.6 Å². The van der Waals surface area contributed by atoms with Crippen molar-refractivity contribution in [3.8, 4) is 5.75 Å². The van der Waals surface area contributed by atoms with Crippen LogP contribution in [0.1, 0.15) is 11.1 Å². The third kappa shape index (κ3) is 4.23. The van der Waals surface area contributed by atoms with E-state index >= 15 is 0 Å². The number of carbonyl (C=O) groups is 1. The smallest absolute Gasteiger partial charge is 0.246 e. The number of anilines is 1. The summed E-state index contributed by atoms with van der Waals surface area (Å²) < 4.78 is 18.4. The van der Waals surface area contributed by atoms with Gasteiger partial charge in [0.25, 0.3) is 0 Å². The third-order valence-corrected chi connectivity index (χ3v) is 4.57. The van der Waals surface area contributed by atoms with Crippen molar-refractivity contribution < 1.29 is 13.9 Å². The van der Waals surface area contributed by atoms with Crippen LogP contribution in [-0.2, 0) is 4.79 Å². The first-order valence-electron chi connectivity index (χ1n) is 8.69. The summed E-state index contributed by atoms with van der Waals surface area (Å²) in [6.45, 7) is 4.77. The van der Waals surface area contributed by atoms with E-state index in [9.17, 15) is 9.18 Å². The average Bonchev–Trinajstić information content (AvgIpc) is 2.67. The van der Waals surface area contributed by atoms with Crippen LogP contribution in [0.25, 0.3) is 6.08 Å². The molecule has 5 heteroatoms. The Kier molecular flexibility index (Phi) is 5.56. The van der Waals surface area contributed by atoms with Crippen molar-refractivity contribution in [2.75, 3.05) is 38.2 Å². The molecule has 0 unspecified atom stereocenters. The summed E-state index contributed by atoms with van der Waals surface area (Å²) in [4.78, 5) is 16.5. The minimum atomic E-state index is -0.237. The second kappa shape index (κ2) is 8.04. The summed E-state index contributed by atoms with van der Waals surface area (Å²) in [7, 11) is 1.62. The van der Waals surface area contributed by atoms with Gasteiger partial charge in [0.15, 0.2) is 0 Å². The van der Waals surface area contributed by atoms with E-state index in [-0.39, 0.29) is 11.7 Å². The van der Waals surface area contributed by atoms with Crippen LogP contribution < -0.4 is 9.64 Å². The maximum absolute atomic E-state index is 13.0. The molecule has 0 bridgehead atoms. The van der Waals surface area contributed by atoms with Crippen molar-refractivity contribution in [1.82, 2.24) is 4.90 Å². The summed E-state index contributed by atoms with van der Waals surface area (Å²) in [6, 6.07) is 12.4. The number of piperazine rings is 1. The molecule has 0 radical (unpaired) electrons. The Labute approximate surface area is 153 Å². The lowest BCUT2D eigenvalue weighted by atomic mass is 10.1. The molecule has 3 rings (SSSR count). The Balaban J connectivity index is 1.60. The van der Waals surface area contributed by atoms with Gasteiger partial charge in [-0.3, -0.25) is 4.79 Å². The van der Waals surface area contributed by atoms with E-state index in [1.165, 1.54) is 12.1 Å². The van der Waals surface area contributed by atoms with Crippen molar-refractivity contribution in [3.05, 3.63) is 65.5 Å². The number of hydrogen-bond acceptors (Lipinski definition) is 3. The first kappa shape index (κ1) is 18.0. The molecule has 0 atom stereocenters. The Hall–Kier alpha value is -2.82. The third-order valence-electron chi connectivity index (χ3n) is 4.57. The van der Waals surface area contributed by atoms with Gasteiger partial charge in [0.05, 0.1) is 7.11 Å². The molecule has 1 aliphatic heterocycles. The maximum Gasteiger partial charge on any atom is 0.246 e. The van der Waals surface area contributed by atoms with E-state index in [0.717, 1.165) is 35.7 Å². The SMILES string of the molecule is COc1ccc(C)cc1/C=C/C(=O)N1CCN(c2ccc(F)cc2)CC1. The number of aryl methyl sites for hydroxylation is 1. The molecular formula is C21H23FN2O2. The van der Waals surface area contributed by atoms with Gasteiger partial charge in [-0.25, -0.2) is 4.39 Å². The number of methoxy groups -OCH3 is 1. The quantitative estimate of drug-likeness (QED) is 0.788. The minimum absolute atomic E-state index is 0.00712. The summed E-state index contributed by atoms with van der Waals surface area (Å²) in [5.41, 5.74) is 3.00. The van der Waals surface area contributed by atoms with Gasteiger partial charge in [0, 0.05) is 43.5 Å². The predicted octanol–water partition coefficient (Wildman–Crippen LogP) is 3.50. The molecule has 4 nitrogen and oxygen atoms in total. The Morgan fingerprint density at radius 1 is 1.08 bits per heavy atom. The van der Waals surface area contributed by atoms with Crippen LogP contribution in [0.5, 0.6) is 5.75 Å². The zero-order chi connectivity index (χ0) is 18.5. The Morgan fingerprint density at radius 2 is 1.77 bits per heavy atom. The highest BCUT2D eigenvalue weighted by molar-refractivity contribution is 5.92. The van der Waals surface area contributed by atoms with Crippen LogP contribution in [0, 0.1) is 12.7 Å². The Morgan fingerprint density at radius 3 is 2.42 bits per heavy atom. The molecule has 1 amide bonds. The zero-order valence-corrected chi connectivity index (χ0v) is 15.1. The van der Waals surface area contributed by atoms with Gasteiger partial charge in [-0.2, -0.15) is 0 Å². The second-order valence-corrected chi connectivity index (χ2v) is 6.37. The molecule has 2 aromatic carbocycles.